The zero-order valence-electron chi connectivity index (χ0n) is 11.4. The molecule has 1 aliphatic rings. The lowest BCUT2D eigenvalue weighted by molar-refractivity contribution is -0.118. The van der Waals surface area contributed by atoms with Crippen molar-refractivity contribution >= 4 is 17.7 Å². The first-order valence-electron chi connectivity index (χ1n) is 6.41. The van der Waals surface area contributed by atoms with Gasteiger partial charge in [0.1, 0.15) is 6.20 Å². The molecule has 2 aromatic rings. The molecule has 1 aromatic carbocycles. The first-order valence-corrected chi connectivity index (χ1v) is 7.39. The molecule has 9 heteroatoms. The van der Waals surface area contributed by atoms with Crippen LogP contribution in [0.5, 0.6) is 11.5 Å². The van der Waals surface area contributed by atoms with Crippen LogP contribution in [0.2, 0.25) is 0 Å². The van der Waals surface area contributed by atoms with E-state index in [1.807, 2.05) is 18.2 Å². The van der Waals surface area contributed by atoms with Gasteiger partial charge in [0.25, 0.3) is 5.56 Å². The Bertz CT molecular complexity index is 749. The Balaban J connectivity index is 1.49. The van der Waals surface area contributed by atoms with Crippen molar-refractivity contribution < 1.29 is 14.3 Å². The molecule has 3 rings (SSSR count). The summed E-state index contributed by atoms with van der Waals surface area (Å²) in [7, 11) is 0. The monoisotopic (exact) mass is 320 g/mol. The third kappa shape index (κ3) is 3.55. The van der Waals surface area contributed by atoms with Crippen LogP contribution in [0.1, 0.15) is 5.56 Å². The van der Waals surface area contributed by atoms with Crippen LogP contribution < -0.4 is 20.3 Å². The van der Waals surface area contributed by atoms with Gasteiger partial charge in [-0.25, -0.2) is 0 Å². The minimum atomic E-state index is -0.349. The summed E-state index contributed by atoms with van der Waals surface area (Å²) in [5.41, 5.74) is 0.564. The van der Waals surface area contributed by atoms with Crippen molar-refractivity contribution in [1.82, 2.24) is 20.5 Å². The molecule has 0 atom stereocenters. The zero-order valence-corrected chi connectivity index (χ0v) is 12.2. The van der Waals surface area contributed by atoms with Gasteiger partial charge in [-0.3, -0.25) is 14.6 Å². The van der Waals surface area contributed by atoms with Crippen molar-refractivity contribution in [1.29, 1.82) is 0 Å². The van der Waals surface area contributed by atoms with E-state index in [0.29, 0.717) is 23.2 Å². The maximum absolute atomic E-state index is 11.8. The van der Waals surface area contributed by atoms with Crippen LogP contribution in [-0.4, -0.2) is 33.6 Å². The number of hydrogen-bond donors (Lipinski definition) is 2. The number of hydrogen-bond acceptors (Lipinski definition) is 7. The average Bonchev–Trinajstić information content (AvgIpc) is 2.98. The summed E-state index contributed by atoms with van der Waals surface area (Å²) in [4.78, 5) is 25.3. The zero-order chi connectivity index (χ0) is 15.4. The molecule has 1 amide bonds. The molecule has 0 saturated heterocycles. The van der Waals surface area contributed by atoms with Crippen molar-refractivity contribution in [2.24, 2.45) is 0 Å². The van der Waals surface area contributed by atoms with E-state index >= 15 is 0 Å². The molecule has 0 fully saturated rings. The first-order chi connectivity index (χ1) is 10.7. The number of carbonyl (C=O) groups is 1. The smallest absolute Gasteiger partial charge is 0.270 e. The SMILES string of the molecule is O=C(CSc1nncc(=O)[nH]1)NCc1ccc2c(c1)OCO2. The highest BCUT2D eigenvalue weighted by molar-refractivity contribution is 7.99. The standard InChI is InChI=1S/C13H12N4O4S/c18-11-5-15-17-13(16-11)22-6-12(19)14-4-8-1-2-9-10(3-8)21-7-20-9/h1-3,5H,4,6-7H2,(H,14,19)(H,16,17,18). The van der Waals surface area contributed by atoms with Crippen LogP contribution >= 0.6 is 11.8 Å². The number of aromatic nitrogens is 3. The van der Waals surface area contributed by atoms with E-state index < -0.39 is 0 Å². The third-order valence-electron chi connectivity index (χ3n) is 2.82. The number of thioether (sulfide) groups is 1. The lowest BCUT2D eigenvalue weighted by Crippen LogP contribution is -2.24. The number of rotatable bonds is 5. The van der Waals surface area contributed by atoms with Gasteiger partial charge in [-0.15, -0.1) is 5.10 Å². The number of carbonyl (C=O) groups excluding carboxylic acids is 1. The molecule has 0 radical (unpaired) electrons. The highest BCUT2D eigenvalue weighted by atomic mass is 32.2. The molecule has 8 nitrogen and oxygen atoms in total. The van der Waals surface area contributed by atoms with E-state index in [-0.39, 0.29) is 24.0 Å². The number of amides is 1. The normalized spacial score (nSPS) is 12.2. The predicted octanol–water partition coefficient (Wildman–Crippen LogP) is 0.302. The summed E-state index contributed by atoms with van der Waals surface area (Å²) in [5.74, 6) is 1.35. The number of nitrogens with zero attached hydrogens (tertiary/aromatic N) is 2. The van der Waals surface area contributed by atoms with Crippen LogP contribution in [-0.2, 0) is 11.3 Å². The van der Waals surface area contributed by atoms with Crippen LogP contribution in [0.15, 0.2) is 34.3 Å². The van der Waals surface area contributed by atoms with E-state index in [1.54, 1.807) is 0 Å². The van der Waals surface area contributed by atoms with E-state index in [2.05, 4.69) is 20.5 Å². The Labute approximate surface area is 129 Å². The van der Waals surface area contributed by atoms with Crippen molar-refractivity contribution in [3.05, 3.63) is 40.3 Å². The van der Waals surface area contributed by atoms with Crippen LogP contribution in [0.25, 0.3) is 0 Å². The van der Waals surface area contributed by atoms with Gasteiger partial charge in [-0.2, -0.15) is 5.10 Å². The lowest BCUT2D eigenvalue weighted by atomic mass is 10.2. The van der Waals surface area contributed by atoms with Gasteiger partial charge >= 0.3 is 0 Å². The molecule has 1 aliphatic heterocycles. The largest absolute Gasteiger partial charge is 0.454 e. The Kier molecular flexibility index (Phi) is 4.24. The Morgan fingerprint density at radius 1 is 1.36 bits per heavy atom. The fraction of sp³-hybridized carbons (Fsp3) is 0.231. The number of H-pyrrole nitrogens is 1. The number of nitrogens with one attached hydrogen (secondary N) is 2. The fourth-order valence-corrected chi connectivity index (χ4v) is 2.45. The minimum Gasteiger partial charge on any atom is -0.454 e. The second-order valence-corrected chi connectivity index (χ2v) is 5.36. The van der Waals surface area contributed by atoms with Gasteiger partial charge < -0.3 is 14.8 Å². The van der Waals surface area contributed by atoms with Gasteiger partial charge in [0.2, 0.25) is 12.7 Å². The van der Waals surface area contributed by atoms with Crippen molar-refractivity contribution in [2.75, 3.05) is 12.5 Å². The number of ether oxygens (including phenoxy) is 2. The molecule has 0 unspecified atom stereocenters. The average molecular weight is 320 g/mol. The number of aromatic amines is 1. The highest BCUT2D eigenvalue weighted by Crippen LogP contribution is 2.32. The van der Waals surface area contributed by atoms with E-state index in [9.17, 15) is 9.59 Å². The molecule has 2 heterocycles. The maximum Gasteiger partial charge on any atom is 0.270 e. The molecule has 22 heavy (non-hydrogen) atoms. The maximum atomic E-state index is 11.8. The minimum absolute atomic E-state index is 0.138. The second kappa shape index (κ2) is 6.48. The van der Waals surface area contributed by atoms with Gasteiger partial charge in [-0.05, 0) is 17.7 Å². The van der Waals surface area contributed by atoms with Crippen molar-refractivity contribution in [2.45, 2.75) is 11.7 Å². The molecule has 2 N–H and O–H groups in total. The first kappa shape index (κ1) is 14.4. The summed E-state index contributed by atoms with van der Waals surface area (Å²) in [6.45, 7) is 0.602. The Hall–Kier alpha value is -2.55. The van der Waals surface area contributed by atoms with Crippen LogP contribution in [0, 0.1) is 0 Å². The fourth-order valence-electron chi connectivity index (χ4n) is 1.80. The summed E-state index contributed by atoms with van der Waals surface area (Å²) in [6, 6.07) is 5.50. The van der Waals surface area contributed by atoms with E-state index in [0.717, 1.165) is 23.5 Å². The van der Waals surface area contributed by atoms with E-state index in [4.69, 9.17) is 9.47 Å². The molecular weight excluding hydrogens is 308 g/mol. The lowest BCUT2D eigenvalue weighted by Gasteiger charge is -2.05. The summed E-state index contributed by atoms with van der Waals surface area (Å²) in [6.07, 6.45) is 1.07. The van der Waals surface area contributed by atoms with Crippen molar-refractivity contribution in [3.8, 4) is 11.5 Å². The molecule has 0 bridgehead atoms. The van der Waals surface area contributed by atoms with Crippen LogP contribution in [0.4, 0.5) is 0 Å². The van der Waals surface area contributed by atoms with Gasteiger partial charge in [-0.1, -0.05) is 17.8 Å². The highest BCUT2D eigenvalue weighted by Gasteiger charge is 2.13. The second-order valence-electron chi connectivity index (χ2n) is 4.39. The topological polar surface area (TPSA) is 106 Å². The van der Waals surface area contributed by atoms with Crippen LogP contribution in [0.3, 0.4) is 0 Å². The summed E-state index contributed by atoms with van der Waals surface area (Å²) >= 11 is 1.11. The Morgan fingerprint density at radius 2 is 2.23 bits per heavy atom. The number of fused-ring (bicyclic) bond motifs is 1. The van der Waals surface area contributed by atoms with Gasteiger partial charge in [0.15, 0.2) is 16.7 Å². The summed E-state index contributed by atoms with van der Waals surface area (Å²) < 4.78 is 10.5. The molecule has 0 spiro atoms. The molecule has 0 aliphatic carbocycles. The molecule has 114 valence electrons. The molecular formula is C13H12N4O4S. The Morgan fingerprint density at radius 3 is 3.09 bits per heavy atom. The quantitative estimate of drug-likeness (QED) is 0.763. The van der Waals surface area contributed by atoms with Gasteiger partial charge in [0, 0.05) is 6.54 Å². The number of benzene rings is 1. The molecule has 1 aromatic heterocycles. The predicted molar refractivity (Wildman–Crippen MR) is 77.8 cm³/mol. The summed E-state index contributed by atoms with van der Waals surface area (Å²) in [5, 5.41) is 10.3. The third-order valence-corrected chi connectivity index (χ3v) is 3.68. The van der Waals surface area contributed by atoms with Crippen molar-refractivity contribution in [3.63, 3.8) is 0 Å². The molecule has 0 saturated carbocycles. The van der Waals surface area contributed by atoms with E-state index in [1.165, 1.54) is 0 Å². The van der Waals surface area contributed by atoms with Gasteiger partial charge in [0.05, 0.1) is 5.75 Å².